The van der Waals surface area contributed by atoms with Gasteiger partial charge in [0.15, 0.2) is 0 Å². The first-order valence-electron chi connectivity index (χ1n) is 8.14. The molecule has 0 saturated heterocycles. The topological polar surface area (TPSA) is 90.4 Å². The lowest BCUT2D eigenvalue weighted by molar-refractivity contribution is 0.378. The molecule has 0 spiro atoms. The van der Waals surface area contributed by atoms with E-state index in [1.54, 1.807) is 26.0 Å². The molecule has 140 valence electrons. The number of sulfonamides is 1. The van der Waals surface area contributed by atoms with Gasteiger partial charge in [-0.25, -0.2) is 8.42 Å². The second-order valence-electron chi connectivity index (χ2n) is 5.75. The van der Waals surface area contributed by atoms with Crippen molar-refractivity contribution in [3.05, 3.63) is 66.0 Å². The maximum absolute atomic E-state index is 12.7. The first kappa shape index (κ1) is 18.7. The molecule has 0 aliphatic heterocycles. The summed E-state index contributed by atoms with van der Waals surface area (Å²) in [4.78, 5) is 8.33. The number of hydrogen-bond donors (Lipinski definition) is 1. The van der Waals surface area contributed by atoms with E-state index in [2.05, 4.69) is 14.7 Å². The average Bonchev–Trinajstić information content (AvgIpc) is 2.66. The minimum Gasteiger partial charge on any atom is -0.467 e. The molecule has 2 aromatic carbocycles. The monoisotopic (exact) mass is 385 g/mol. The molecule has 0 aliphatic rings. The van der Waals surface area contributed by atoms with Gasteiger partial charge >= 0.3 is 6.01 Å². The van der Waals surface area contributed by atoms with Crippen LogP contribution in [0.3, 0.4) is 0 Å². The van der Waals surface area contributed by atoms with Crippen LogP contribution in [0.25, 0.3) is 0 Å². The maximum atomic E-state index is 12.7. The minimum absolute atomic E-state index is 0.109. The smallest absolute Gasteiger partial charge is 0.316 e. The predicted molar refractivity (Wildman–Crippen MR) is 102 cm³/mol. The van der Waals surface area contributed by atoms with E-state index in [0.29, 0.717) is 28.6 Å². The van der Waals surface area contributed by atoms with E-state index >= 15 is 0 Å². The summed E-state index contributed by atoms with van der Waals surface area (Å²) in [6.45, 7) is 3.37. The number of aryl methyl sites for hydroxylation is 2. The van der Waals surface area contributed by atoms with Crippen molar-refractivity contribution in [3.63, 3.8) is 0 Å². The second-order valence-corrected chi connectivity index (χ2v) is 7.43. The highest BCUT2D eigenvalue weighted by Crippen LogP contribution is 2.26. The minimum atomic E-state index is -3.79. The molecule has 0 bridgehead atoms. The van der Waals surface area contributed by atoms with E-state index in [1.165, 1.54) is 19.2 Å². The van der Waals surface area contributed by atoms with Gasteiger partial charge in [0, 0.05) is 0 Å². The number of methoxy groups -OCH3 is 1. The van der Waals surface area contributed by atoms with Crippen molar-refractivity contribution in [2.45, 2.75) is 18.7 Å². The van der Waals surface area contributed by atoms with Crippen LogP contribution < -0.4 is 14.2 Å². The summed E-state index contributed by atoms with van der Waals surface area (Å²) in [6.07, 6.45) is 0. The third-order valence-electron chi connectivity index (χ3n) is 3.78. The van der Waals surface area contributed by atoms with Gasteiger partial charge in [-0.2, -0.15) is 9.97 Å². The van der Waals surface area contributed by atoms with E-state index in [9.17, 15) is 8.42 Å². The van der Waals surface area contributed by atoms with Crippen molar-refractivity contribution in [2.75, 3.05) is 11.8 Å². The van der Waals surface area contributed by atoms with Crippen molar-refractivity contribution >= 4 is 15.7 Å². The molecule has 0 atom stereocenters. The number of aromatic nitrogens is 2. The Labute approximate surface area is 158 Å². The fourth-order valence-electron chi connectivity index (χ4n) is 2.43. The zero-order chi connectivity index (χ0) is 19.4. The number of nitrogens with one attached hydrogen (secondary N) is 1. The standard InChI is InChI=1S/C19H19N3O4S/c1-13-18(14(2)21-19(20-13)25-3)22-27(23,24)17-11-9-16(10-12-17)26-15-7-5-4-6-8-15/h4-12,22H,1-3H3. The molecule has 1 N–H and O–H groups in total. The maximum Gasteiger partial charge on any atom is 0.316 e. The molecule has 0 saturated carbocycles. The molecular weight excluding hydrogens is 366 g/mol. The summed E-state index contributed by atoms with van der Waals surface area (Å²) < 4.78 is 38.6. The Bertz CT molecular complexity index is 1010. The molecule has 3 rings (SSSR count). The van der Waals surface area contributed by atoms with Crippen LogP contribution in [0.5, 0.6) is 17.5 Å². The number of anilines is 1. The molecule has 0 amide bonds. The number of nitrogens with zero attached hydrogens (tertiary/aromatic N) is 2. The Morgan fingerprint density at radius 1 is 0.852 bits per heavy atom. The van der Waals surface area contributed by atoms with Gasteiger partial charge in [0.05, 0.1) is 29.1 Å². The van der Waals surface area contributed by atoms with Gasteiger partial charge < -0.3 is 9.47 Å². The Kier molecular flexibility index (Phi) is 5.27. The molecule has 0 unspecified atom stereocenters. The first-order chi connectivity index (χ1) is 12.9. The van der Waals surface area contributed by atoms with Gasteiger partial charge in [0.2, 0.25) is 0 Å². The Hall–Kier alpha value is -3.13. The van der Waals surface area contributed by atoms with Crippen molar-refractivity contribution in [3.8, 4) is 17.5 Å². The summed E-state index contributed by atoms with van der Waals surface area (Å²) in [5.41, 5.74) is 1.29. The predicted octanol–water partition coefficient (Wildman–Crippen LogP) is 3.70. The Morgan fingerprint density at radius 3 is 1.96 bits per heavy atom. The summed E-state index contributed by atoms with van der Waals surface area (Å²) >= 11 is 0. The van der Waals surface area contributed by atoms with E-state index in [-0.39, 0.29) is 10.9 Å². The van der Waals surface area contributed by atoms with Gasteiger partial charge in [-0.15, -0.1) is 0 Å². The van der Waals surface area contributed by atoms with E-state index in [0.717, 1.165) is 0 Å². The van der Waals surface area contributed by atoms with Crippen molar-refractivity contribution in [1.29, 1.82) is 0 Å². The summed E-state index contributed by atoms with van der Waals surface area (Å²) in [6, 6.07) is 15.6. The van der Waals surface area contributed by atoms with Gasteiger partial charge in [-0.1, -0.05) is 18.2 Å². The molecule has 0 radical (unpaired) electrons. The van der Waals surface area contributed by atoms with Crippen molar-refractivity contribution in [1.82, 2.24) is 9.97 Å². The first-order valence-corrected chi connectivity index (χ1v) is 9.62. The molecular formula is C19H19N3O4S. The van der Waals surface area contributed by atoms with Crippen LogP contribution in [-0.4, -0.2) is 25.5 Å². The normalized spacial score (nSPS) is 11.1. The van der Waals surface area contributed by atoms with E-state index in [1.807, 2.05) is 30.3 Å². The number of benzene rings is 2. The lowest BCUT2D eigenvalue weighted by Crippen LogP contribution is -2.16. The third-order valence-corrected chi connectivity index (χ3v) is 5.15. The van der Waals surface area contributed by atoms with Crippen LogP contribution in [0, 0.1) is 13.8 Å². The highest BCUT2D eigenvalue weighted by molar-refractivity contribution is 7.92. The fourth-order valence-corrected chi connectivity index (χ4v) is 3.61. The van der Waals surface area contributed by atoms with Crippen molar-refractivity contribution < 1.29 is 17.9 Å². The van der Waals surface area contributed by atoms with Crippen LogP contribution >= 0.6 is 0 Å². The SMILES string of the molecule is COc1nc(C)c(NS(=O)(=O)c2ccc(Oc3ccccc3)cc2)c(C)n1. The van der Waals surface area contributed by atoms with Crippen LogP contribution in [0.15, 0.2) is 59.5 Å². The van der Waals surface area contributed by atoms with Crippen LogP contribution in [-0.2, 0) is 10.0 Å². The van der Waals surface area contributed by atoms with Crippen LogP contribution in [0.1, 0.15) is 11.4 Å². The van der Waals surface area contributed by atoms with Gasteiger partial charge in [-0.3, -0.25) is 4.72 Å². The molecule has 1 heterocycles. The lowest BCUT2D eigenvalue weighted by Gasteiger charge is -2.13. The number of para-hydroxylation sites is 1. The van der Waals surface area contributed by atoms with Gasteiger partial charge in [-0.05, 0) is 50.2 Å². The Balaban J connectivity index is 1.81. The summed E-state index contributed by atoms with van der Waals surface area (Å²) in [5.74, 6) is 1.22. The highest BCUT2D eigenvalue weighted by Gasteiger charge is 2.19. The molecule has 3 aromatic rings. The largest absolute Gasteiger partial charge is 0.467 e. The quantitative estimate of drug-likeness (QED) is 0.696. The molecule has 0 fully saturated rings. The van der Waals surface area contributed by atoms with Crippen LogP contribution in [0.4, 0.5) is 5.69 Å². The second kappa shape index (κ2) is 7.63. The van der Waals surface area contributed by atoms with Crippen LogP contribution in [0.2, 0.25) is 0 Å². The van der Waals surface area contributed by atoms with E-state index in [4.69, 9.17) is 9.47 Å². The van der Waals surface area contributed by atoms with Crippen molar-refractivity contribution in [2.24, 2.45) is 0 Å². The molecule has 7 nitrogen and oxygen atoms in total. The Morgan fingerprint density at radius 2 is 1.41 bits per heavy atom. The lowest BCUT2D eigenvalue weighted by atomic mass is 10.3. The molecule has 27 heavy (non-hydrogen) atoms. The number of ether oxygens (including phenoxy) is 2. The zero-order valence-corrected chi connectivity index (χ0v) is 15.9. The third kappa shape index (κ3) is 4.35. The zero-order valence-electron chi connectivity index (χ0n) is 15.1. The fraction of sp³-hybridized carbons (Fsp3) is 0.158. The average molecular weight is 385 g/mol. The molecule has 0 aliphatic carbocycles. The number of hydrogen-bond acceptors (Lipinski definition) is 6. The highest BCUT2D eigenvalue weighted by atomic mass is 32.2. The molecule has 1 aromatic heterocycles. The number of rotatable bonds is 6. The van der Waals surface area contributed by atoms with Gasteiger partial charge in [0.1, 0.15) is 11.5 Å². The van der Waals surface area contributed by atoms with E-state index < -0.39 is 10.0 Å². The molecule has 8 heteroatoms. The van der Waals surface area contributed by atoms with Gasteiger partial charge in [0.25, 0.3) is 10.0 Å². The summed E-state index contributed by atoms with van der Waals surface area (Å²) in [5, 5.41) is 0. The summed E-state index contributed by atoms with van der Waals surface area (Å²) in [7, 11) is -2.34.